The van der Waals surface area contributed by atoms with Crippen molar-refractivity contribution in [2.75, 3.05) is 6.61 Å². The van der Waals surface area contributed by atoms with Crippen molar-refractivity contribution in [3.8, 4) is 17.4 Å². The topological polar surface area (TPSA) is 95.8 Å². The fourth-order valence-corrected chi connectivity index (χ4v) is 1.68. The number of ether oxygens (including phenoxy) is 2. The molecular formula is C15H19IN4O2. The van der Waals surface area contributed by atoms with E-state index in [1.54, 1.807) is 12.3 Å². The van der Waals surface area contributed by atoms with Crippen molar-refractivity contribution in [3.05, 3.63) is 48.2 Å². The third-order valence-corrected chi connectivity index (χ3v) is 2.60. The Morgan fingerprint density at radius 1 is 1.14 bits per heavy atom. The zero-order valence-electron chi connectivity index (χ0n) is 12.2. The maximum atomic E-state index is 5.68. The largest absolute Gasteiger partial charge is 0.494 e. The highest BCUT2D eigenvalue weighted by Crippen LogP contribution is 2.23. The summed E-state index contributed by atoms with van der Waals surface area (Å²) < 4.78 is 11.1. The molecular weight excluding hydrogens is 395 g/mol. The van der Waals surface area contributed by atoms with E-state index in [0.29, 0.717) is 24.8 Å². The number of halogens is 1. The van der Waals surface area contributed by atoms with Crippen LogP contribution in [0, 0.1) is 0 Å². The first kappa shape index (κ1) is 18.0. The zero-order valence-corrected chi connectivity index (χ0v) is 14.6. The smallest absolute Gasteiger partial charge is 0.219 e. The minimum Gasteiger partial charge on any atom is -0.494 e. The summed E-state index contributed by atoms with van der Waals surface area (Å²) in [6.45, 7) is 2.97. The third kappa shape index (κ3) is 5.76. The molecule has 2 aromatic rings. The number of pyridine rings is 1. The fourth-order valence-electron chi connectivity index (χ4n) is 1.68. The van der Waals surface area contributed by atoms with E-state index >= 15 is 0 Å². The molecule has 0 saturated carbocycles. The van der Waals surface area contributed by atoms with Crippen LogP contribution < -0.4 is 20.9 Å². The molecule has 0 fully saturated rings. The first-order valence-electron chi connectivity index (χ1n) is 6.58. The Morgan fingerprint density at radius 3 is 2.45 bits per heavy atom. The van der Waals surface area contributed by atoms with Gasteiger partial charge in [-0.15, -0.1) is 24.0 Å². The second kappa shape index (κ2) is 9.08. The Balaban J connectivity index is 0.00000242. The van der Waals surface area contributed by atoms with Gasteiger partial charge in [0, 0.05) is 12.3 Å². The molecule has 0 atom stereocenters. The molecule has 0 aliphatic heterocycles. The highest BCUT2D eigenvalue weighted by molar-refractivity contribution is 14.0. The Labute approximate surface area is 146 Å². The first-order valence-corrected chi connectivity index (χ1v) is 6.58. The molecule has 4 N–H and O–H groups in total. The quantitative estimate of drug-likeness (QED) is 0.431. The molecule has 118 valence electrons. The summed E-state index contributed by atoms with van der Waals surface area (Å²) in [4.78, 5) is 8.10. The van der Waals surface area contributed by atoms with E-state index in [4.69, 9.17) is 20.9 Å². The van der Waals surface area contributed by atoms with E-state index in [9.17, 15) is 0 Å². The molecule has 0 saturated heterocycles. The van der Waals surface area contributed by atoms with Crippen LogP contribution in [0.2, 0.25) is 0 Å². The molecule has 0 radical (unpaired) electrons. The van der Waals surface area contributed by atoms with Crippen molar-refractivity contribution in [3.63, 3.8) is 0 Å². The van der Waals surface area contributed by atoms with Gasteiger partial charge in [0.25, 0.3) is 0 Å². The van der Waals surface area contributed by atoms with Gasteiger partial charge in [-0.05, 0) is 42.8 Å². The van der Waals surface area contributed by atoms with Gasteiger partial charge < -0.3 is 20.9 Å². The number of aliphatic imine (C=N–C) groups is 1. The summed E-state index contributed by atoms with van der Waals surface area (Å²) in [7, 11) is 0. The summed E-state index contributed by atoms with van der Waals surface area (Å²) in [5, 5.41) is 0. The Bertz CT molecular complexity index is 613. The molecule has 0 unspecified atom stereocenters. The highest BCUT2D eigenvalue weighted by Gasteiger charge is 2.01. The number of rotatable bonds is 6. The molecule has 22 heavy (non-hydrogen) atoms. The van der Waals surface area contributed by atoms with Gasteiger partial charge in [-0.3, -0.25) is 0 Å². The lowest BCUT2D eigenvalue weighted by Gasteiger charge is -2.07. The van der Waals surface area contributed by atoms with Crippen LogP contribution in [0.5, 0.6) is 17.4 Å². The van der Waals surface area contributed by atoms with Gasteiger partial charge in [0.15, 0.2) is 5.96 Å². The summed E-state index contributed by atoms with van der Waals surface area (Å²) in [5.41, 5.74) is 11.5. The van der Waals surface area contributed by atoms with Crippen molar-refractivity contribution in [2.24, 2.45) is 16.5 Å². The number of guanidine groups is 1. The van der Waals surface area contributed by atoms with Crippen molar-refractivity contribution >= 4 is 29.9 Å². The summed E-state index contributed by atoms with van der Waals surface area (Å²) in [6.07, 6.45) is 1.65. The van der Waals surface area contributed by atoms with Crippen LogP contribution in [0.15, 0.2) is 47.6 Å². The van der Waals surface area contributed by atoms with Crippen LogP contribution in [0.4, 0.5) is 0 Å². The normalized spacial score (nSPS) is 9.50. The lowest BCUT2D eigenvalue weighted by Crippen LogP contribution is -2.22. The predicted octanol–water partition coefficient (Wildman–Crippen LogP) is 2.66. The van der Waals surface area contributed by atoms with Crippen molar-refractivity contribution < 1.29 is 9.47 Å². The van der Waals surface area contributed by atoms with Gasteiger partial charge in [0.1, 0.15) is 11.5 Å². The Morgan fingerprint density at radius 2 is 1.82 bits per heavy atom. The van der Waals surface area contributed by atoms with Crippen molar-refractivity contribution in [1.82, 2.24) is 4.98 Å². The third-order valence-electron chi connectivity index (χ3n) is 2.60. The second-order valence-electron chi connectivity index (χ2n) is 4.25. The molecule has 6 nitrogen and oxygen atoms in total. The van der Waals surface area contributed by atoms with Crippen molar-refractivity contribution in [1.29, 1.82) is 0 Å². The molecule has 0 bridgehead atoms. The zero-order chi connectivity index (χ0) is 15.1. The van der Waals surface area contributed by atoms with Gasteiger partial charge >= 0.3 is 0 Å². The highest BCUT2D eigenvalue weighted by atomic mass is 127. The molecule has 2 rings (SSSR count). The molecule has 0 spiro atoms. The van der Waals surface area contributed by atoms with E-state index in [0.717, 1.165) is 11.3 Å². The van der Waals surface area contributed by atoms with Crippen molar-refractivity contribution in [2.45, 2.75) is 13.5 Å². The average Bonchev–Trinajstić information content (AvgIpc) is 2.48. The number of aromatic nitrogens is 1. The van der Waals surface area contributed by atoms with Gasteiger partial charge in [-0.1, -0.05) is 0 Å². The summed E-state index contributed by atoms with van der Waals surface area (Å²) in [5.74, 6) is 2.03. The number of nitrogens with zero attached hydrogens (tertiary/aromatic N) is 2. The first-order chi connectivity index (χ1) is 10.2. The molecule has 1 aromatic heterocycles. The number of hydrogen-bond acceptors (Lipinski definition) is 4. The fraction of sp³-hybridized carbons (Fsp3) is 0.200. The summed E-state index contributed by atoms with van der Waals surface area (Å²) >= 11 is 0. The Hall–Kier alpha value is -2.03. The molecule has 7 heteroatoms. The van der Waals surface area contributed by atoms with Gasteiger partial charge in [-0.25, -0.2) is 9.98 Å². The summed E-state index contributed by atoms with van der Waals surface area (Å²) in [6, 6.07) is 11.0. The maximum Gasteiger partial charge on any atom is 0.219 e. The van der Waals surface area contributed by atoms with Gasteiger partial charge in [0.2, 0.25) is 5.88 Å². The van der Waals surface area contributed by atoms with E-state index in [1.165, 1.54) is 0 Å². The SMILES string of the molecule is CCOc1ccc(Oc2cc(CN=C(N)N)ccn2)cc1.I. The van der Waals surface area contributed by atoms with Gasteiger partial charge in [0.05, 0.1) is 13.2 Å². The van der Waals surface area contributed by atoms with E-state index in [-0.39, 0.29) is 29.9 Å². The molecule has 1 heterocycles. The van der Waals surface area contributed by atoms with E-state index < -0.39 is 0 Å². The minimum atomic E-state index is 0. The number of hydrogen-bond donors (Lipinski definition) is 2. The molecule has 0 amide bonds. The van der Waals surface area contributed by atoms with Crippen LogP contribution in [0.3, 0.4) is 0 Å². The van der Waals surface area contributed by atoms with Gasteiger partial charge in [-0.2, -0.15) is 0 Å². The van der Waals surface area contributed by atoms with Crippen LogP contribution in [0.1, 0.15) is 12.5 Å². The van der Waals surface area contributed by atoms with Crippen LogP contribution in [0.25, 0.3) is 0 Å². The number of nitrogens with two attached hydrogens (primary N) is 2. The molecule has 1 aromatic carbocycles. The molecule has 0 aliphatic carbocycles. The monoisotopic (exact) mass is 414 g/mol. The lowest BCUT2D eigenvalue weighted by molar-refractivity contribution is 0.339. The predicted molar refractivity (Wildman–Crippen MR) is 96.9 cm³/mol. The number of benzene rings is 1. The second-order valence-corrected chi connectivity index (χ2v) is 4.25. The standard InChI is InChI=1S/C15H18N4O2.HI/c1-2-20-12-3-5-13(6-4-12)21-14-9-11(7-8-18-14)10-19-15(16)17;/h3-9H,2,10H2,1H3,(H4,16,17,19);1H. The molecule has 0 aliphatic rings. The lowest BCUT2D eigenvalue weighted by atomic mass is 10.2. The van der Waals surface area contributed by atoms with Crippen LogP contribution in [-0.4, -0.2) is 17.6 Å². The average molecular weight is 414 g/mol. The van der Waals surface area contributed by atoms with Crippen LogP contribution in [-0.2, 0) is 6.54 Å². The van der Waals surface area contributed by atoms with E-state index in [1.807, 2.05) is 37.3 Å². The Kier molecular flexibility index (Phi) is 7.44. The minimum absolute atomic E-state index is 0. The van der Waals surface area contributed by atoms with E-state index in [2.05, 4.69) is 9.98 Å². The maximum absolute atomic E-state index is 5.68. The van der Waals surface area contributed by atoms with Crippen LogP contribution >= 0.6 is 24.0 Å².